The highest BCUT2D eigenvalue weighted by molar-refractivity contribution is 4.42. The Morgan fingerprint density at radius 3 is 2.50 bits per heavy atom. The molecule has 74 valence electrons. The van der Waals surface area contributed by atoms with Crippen LogP contribution in [0.15, 0.2) is 0 Å². The van der Waals surface area contributed by atoms with E-state index in [1.807, 2.05) is 0 Å². The van der Waals surface area contributed by atoms with E-state index in [1.165, 1.54) is 25.7 Å². The number of ether oxygens (including phenoxy) is 1. The number of unbranched alkanes of at least 4 members (excludes halogenated alkanes) is 3. The fourth-order valence-electron chi connectivity index (χ4n) is 1.05. The van der Waals surface area contributed by atoms with Crippen molar-refractivity contribution >= 4 is 0 Å². The average Bonchev–Trinajstić information content (AvgIpc) is 2.10. The Morgan fingerprint density at radius 1 is 1.00 bits per heavy atom. The van der Waals surface area contributed by atoms with E-state index in [2.05, 4.69) is 19.2 Å². The molecule has 0 saturated carbocycles. The topological polar surface area (TPSA) is 21.3 Å². The van der Waals surface area contributed by atoms with E-state index in [-0.39, 0.29) is 0 Å². The van der Waals surface area contributed by atoms with E-state index in [1.54, 1.807) is 0 Å². The van der Waals surface area contributed by atoms with Gasteiger partial charge in [0.25, 0.3) is 0 Å². The standard InChI is InChI=1S/C10H23NO/c1-3-5-6-7-9-12-10-8-11-4-2/h11H,3-10H2,1-2H3. The molecular weight excluding hydrogens is 150 g/mol. The molecule has 0 unspecified atom stereocenters. The van der Waals surface area contributed by atoms with Crippen molar-refractivity contribution in [2.45, 2.75) is 39.5 Å². The summed E-state index contributed by atoms with van der Waals surface area (Å²) < 4.78 is 5.42. The van der Waals surface area contributed by atoms with Gasteiger partial charge in [0.1, 0.15) is 0 Å². The lowest BCUT2D eigenvalue weighted by atomic mass is 10.2. The van der Waals surface area contributed by atoms with Crippen molar-refractivity contribution in [1.82, 2.24) is 5.32 Å². The minimum Gasteiger partial charge on any atom is -0.380 e. The van der Waals surface area contributed by atoms with Crippen molar-refractivity contribution in [2.75, 3.05) is 26.3 Å². The molecule has 0 bridgehead atoms. The highest BCUT2D eigenvalue weighted by atomic mass is 16.5. The molecule has 0 aromatic carbocycles. The van der Waals surface area contributed by atoms with Gasteiger partial charge in [-0.2, -0.15) is 0 Å². The van der Waals surface area contributed by atoms with Gasteiger partial charge in [-0.25, -0.2) is 0 Å². The summed E-state index contributed by atoms with van der Waals surface area (Å²) in [5, 5.41) is 3.23. The van der Waals surface area contributed by atoms with Crippen LogP contribution < -0.4 is 5.32 Å². The lowest BCUT2D eigenvalue weighted by molar-refractivity contribution is 0.132. The molecule has 0 atom stereocenters. The monoisotopic (exact) mass is 173 g/mol. The van der Waals surface area contributed by atoms with Crippen molar-refractivity contribution in [3.63, 3.8) is 0 Å². The van der Waals surface area contributed by atoms with Crippen LogP contribution in [0.2, 0.25) is 0 Å². The largest absolute Gasteiger partial charge is 0.380 e. The second-order valence-corrected chi connectivity index (χ2v) is 3.03. The lowest BCUT2D eigenvalue weighted by Crippen LogP contribution is -2.19. The Hall–Kier alpha value is -0.0800. The third kappa shape index (κ3) is 9.92. The Bertz CT molecular complexity index is 66.2. The molecule has 0 saturated heterocycles. The molecule has 0 radical (unpaired) electrons. The van der Waals surface area contributed by atoms with Gasteiger partial charge in [-0.3, -0.25) is 0 Å². The molecule has 0 fully saturated rings. The maximum absolute atomic E-state index is 5.42. The minimum atomic E-state index is 0.861. The fourth-order valence-corrected chi connectivity index (χ4v) is 1.05. The van der Waals surface area contributed by atoms with Gasteiger partial charge in [0, 0.05) is 13.2 Å². The Labute approximate surface area is 76.7 Å². The molecule has 1 N–H and O–H groups in total. The van der Waals surface area contributed by atoms with Gasteiger partial charge >= 0.3 is 0 Å². The molecule has 0 aliphatic rings. The highest BCUT2D eigenvalue weighted by Crippen LogP contribution is 1.98. The van der Waals surface area contributed by atoms with E-state index >= 15 is 0 Å². The number of nitrogens with one attached hydrogen (secondary N) is 1. The first-order chi connectivity index (χ1) is 5.91. The molecule has 0 aromatic heterocycles. The van der Waals surface area contributed by atoms with Gasteiger partial charge in [0.15, 0.2) is 0 Å². The van der Waals surface area contributed by atoms with E-state index in [4.69, 9.17) is 4.74 Å². The number of rotatable bonds is 9. The summed E-state index contributed by atoms with van der Waals surface area (Å²) in [6, 6.07) is 0. The van der Waals surface area contributed by atoms with E-state index in [9.17, 15) is 0 Å². The first-order valence-electron chi connectivity index (χ1n) is 5.20. The normalized spacial score (nSPS) is 10.5. The zero-order chi connectivity index (χ0) is 9.07. The second-order valence-electron chi connectivity index (χ2n) is 3.03. The predicted octanol–water partition coefficient (Wildman–Crippen LogP) is 2.19. The van der Waals surface area contributed by atoms with Crippen LogP contribution in [0.5, 0.6) is 0 Å². The second kappa shape index (κ2) is 10.9. The van der Waals surface area contributed by atoms with Crippen molar-refractivity contribution in [3.05, 3.63) is 0 Å². The molecule has 0 spiro atoms. The van der Waals surface area contributed by atoms with E-state index in [0.717, 1.165) is 26.3 Å². The quantitative estimate of drug-likeness (QED) is 0.540. The number of likely N-dealkylation sites (N-methyl/N-ethyl adjacent to an activating group) is 1. The molecule has 0 amide bonds. The summed E-state index contributed by atoms with van der Waals surface area (Å²) in [6.07, 6.45) is 5.19. The molecular formula is C10H23NO. The van der Waals surface area contributed by atoms with Crippen LogP contribution in [0.25, 0.3) is 0 Å². The molecule has 2 nitrogen and oxygen atoms in total. The summed E-state index contributed by atoms with van der Waals surface area (Å²) in [7, 11) is 0. The predicted molar refractivity (Wildman–Crippen MR) is 53.5 cm³/mol. The van der Waals surface area contributed by atoms with Gasteiger partial charge in [-0.15, -0.1) is 0 Å². The Morgan fingerprint density at radius 2 is 1.83 bits per heavy atom. The van der Waals surface area contributed by atoms with Crippen LogP contribution in [-0.4, -0.2) is 26.3 Å². The van der Waals surface area contributed by atoms with Crippen LogP contribution in [-0.2, 0) is 4.74 Å². The maximum Gasteiger partial charge on any atom is 0.0590 e. The summed E-state index contributed by atoms with van der Waals surface area (Å²) in [5.41, 5.74) is 0. The van der Waals surface area contributed by atoms with Gasteiger partial charge in [0.05, 0.1) is 6.61 Å². The molecule has 0 aliphatic carbocycles. The maximum atomic E-state index is 5.42. The molecule has 0 aliphatic heterocycles. The van der Waals surface area contributed by atoms with Crippen LogP contribution >= 0.6 is 0 Å². The van der Waals surface area contributed by atoms with Gasteiger partial charge in [0.2, 0.25) is 0 Å². The van der Waals surface area contributed by atoms with Crippen LogP contribution in [0.4, 0.5) is 0 Å². The van der Waals surface area contributed by atoms with Crippen LogP contribution in [0, 0.1) is 0 Å². The van der Waals surface area contributed by atoms with Gasteiger partial charge < -0.3 is 10.1 Å². The minimum absolute atomic E-state index is 0.861. The SMILES string of the molecule is CCCCCCOCCNCC. The zero-order valence-electron chi connectivity index (χ0n) is 8.57. The summed E-state index contributed by atoms with van der Waals surface area (Å²) >= 11 is 0. The number of hydrogen-bond donors (Lipinski definition) is 1. The molecule has 12 heavy (non-hydrogen) atoms. The van der Waals surface area contributed by atoms with Crippen LogP contribution in [0.3, 0.4) is 0 Å². The van der Waals surface area contributed by atoms with Crippen LogP contribution in [0.1, 0.15) is 39.5 Å². The Kier molecular flexibility index (Phi) is 10.8. The third-order valence-electron chi connectivity index (χ3n) is 1.82. The fraction of sp³-hybridized carbons (Fsp3) is 1.00. The summed E-state index contributed by atoms with van der Waals surface area (Å²) in [4.78, 5) is 0. The highest BCUT2D eigenvalue weighted by Gasteiger charge is 1.88. The van der Waals surface area contributed by atoms with E-state index in [0.29, 0.717) is 0 Å². The van der Waals surface area contributed by atoms with Gasteiger partial charge in [-0.05, 0) is 13.0 Å². The first kappa shape index (κ1) is 11.9. The average molecular weight is 173 g/mol. The summed E-state index contributed by atoms with van der Waals surface area (Å²) in [6.45, 7) is 8.17. The lowest BCUT2D eigenvalue weighted by Gasteiger charge is -2.03. The van der Waals surface area contributed by atoms with Crippen molar-refractivity contribution in [1.29, 1.82) is 0 Å². The molecule has 0 rings (SSSR count). The first-order valence-corrected chi connectivity index (χ1v) is 5.20. The third-order valence-corrected chi connectivity index (χ3v) is 1.82. The zero-order valence-corrected chi connectivity index (χ0v) is 8.57. The number of hydrogen-bond acceptors (Lipinski definition) is 2. The Balaban J connectivity index is 2.73. The van der Waals surface area contributed by atoms with Crippen molar-refractivity contribution in [3.8, 4) is 0 Å². The van der Waals surface area contributed by atoms with Crippen molar-refractivity contribution in [2.24, 2.45) is 0 Å². The van der Waals surface area contributed by atoms with E-state index < -0.39 is 0 Å². The summed E-state index contributed by atoms with van der Waals surface area (Å²) in [5.74, 6) is 0. The van der Waals surface area contributed by atoms with Gasteiger partial charge in [-0.1, -0.05) is 33.1 Å². The molecule has 0 aromatic rings. The molecule has 0 heterocycles. The molecule has 2 heteroatoms. The van der Waals surface area contributed by atoms with Crippen molar-refractivity contribution < 1.29 is 4.74 Å². The smallest absolute Gasteiger partial charge is 0.0590 e.